The predicted molar refractivity (Wildman–Crippen MR) is 72.0 cm³/mol. The Labute approximate surface area is 112 Å². The van der Waals surface area contributed by atoms with Crippen LogP contribution in [0.15, 0.2) is 46.9 Å². The van der Waals surface area contributed by atoms with Crippen LogP contribution in [-0.2, 0) is 0 Å². The van der Waals surface area contributed by atoms with Gasteiger partial charge >= 0.3 is 5.97 Å². The van der Waals surface area contributed by atoms with Crippen LogP contribution in [0, 0.1) is 0 Å². The van der Waals surface area contributed by atoms with Crippen LogP contribution in [0.2, 0.25) is 0 Å². The predicted octanol–water partition coefficient (Wildman–Crippen LogP) is 3.52. The van der Waals surface area contributed by atoms with Gasteiger partial charge in [0.1, 0.15) is 17.1 Å². The Balaban J connectivity index is 2.39. The molecule has 0 radical (unpaired) electrons. The van der Waals surface area contributed by atoms with Crippen molar-refractivity contribution < 1.29 is 14.6 Å². The fourth-order valence-electron chi connectivity index (χ4n) is 1.46. The number of aromatic carboxylic acids is 1. The molecule has 0 spiro atoms. The van der Waals surface area contributed by atoms with Crippen molar-refractivity contribution in [1.82, 2.24) is 0 Å². The van der Waals surface area contributed by atoms with Crippen molar-refractivity contribution in [2.24, 2.45) is 0 Å². The molecule has 0 aliphatic rings. The third kappa shape index (κ3) is 2.81. The van der Waals surface area contributed by atoms with Crippen molar-refractivity contribution >= 4 is 27.6 Å². The number of halogens is 1. The lowest BCUT2D eigenvalue weighted by molar-refractivity contribution is 0.0694. The normalized spacial score (nSPS) is 10.1. The summed E-state index contributed by atoms with van der Waals surface area (Å²) in [5.74, 6) is -0.293. The van der Waals surface area contributed by atoms with Crippen LogP contribution in [0.5, 0.6) is 11.5 Å². The highest BCUT2D eigenvalue weighted by molar-refractivity contribution is 9.10. The molecule has 0 aliphatic carbocycles. The molecule has 0 aromatic heterocycles. The summed E-state index contributed by atoms with van der Waals surface area (Å²) in [6, 6.07) is 11.6. The Bertz CT molecular complexity index is 599. The zero-order chi connectivity index (χ0) is 13.1. The number of benzene rings is 2. The molecule has 92 valence electrons. The van der Waals surface area contributed by atoms with E-state index in [1.165, 1.54) is 18.2 Å². The SMILES string of the molecule is Nc1ccc(C(=O)O)c(Oc2cccc(Br)c2)c1. The van der Waals surface area contributed by atoms with Crippen molar-refractivity contribution in [2.75, 3.05) is 5.73 Å². The Morgan fingerprint density at radius 3 is 2.67 bits per heavy atom. The smallest absolute Gasteiger partial charge is 0.339 e. The average Bonchev–Trinajstić information content (AvgIpc) is 2.28. The Hall–Kier alpha value is -2.01. The molecule has 0 saturated carbocycles. The van der Waals surface area contributed by atoms with Gasteiger partial charge in [0.25, 0.3) is 0 Å². The van der Waals surface area contributed by atoms with E-state index in [0.717, 1.165) is 4.47 Å². The first kappa shape index (κ1) is 12.4. The Morgan fingerprint density at radius 1 is 1.22 bits per heavy atom. The highest BCUT2D eigenvalue weighted by Crippen LogP contribution is 2.29. The van der Waals surface area contributed by atoms with Gasteiger partial charge in [0.15, 0.2) is 0 Å². The van der Waals surface area contributed by atoms with Crippen LogP contribution >= 0.6 is 15.9 Å². The second-order valence-corrected chi connectivity index (χ2v) is 4.54. The lowest BCUT2D eigenvalue weighted by Gasteiger charge is -2.09. The number of hydrogen-bond donors (Lipinski definition) is 2. The molecule has 0 saturated heterocycles. The molecule has 5 heteroatoms. The molecule has 2 rings (SSSR count). The van der Waals surface area contributed by atoms with E-state index in [4.69, 9.17) is 15.6 Å². The van der Waals surface area contributed by atoms with Gasteiger partial charge in [-0.3, -0.25) is 0 Å². The summed E-state index contributed by atoms with van der Waals surface area (Å²) in [7, 11) is 0. The standard InChI is InChI=1S/C13H10BrNO3/c14-8-2-1-3-10(6-8)18-12-7-9(15)4-5-11(12)13(16)17/h1-7H,15H2,(H,16,17). The average molecular weight is 308 g/mol. The molecule has 0 aliphatic heterocycles. The second-order valence-electron chi connectivity index (χ2n) is 3.62. The number of hydrogen-bond acceptors (Lipinski definition) is 3. The molecule has 0 amide bonds. The summed E-state index contributed by atoms with van der Waals surface area (Å²) in [5.41, 5.74) is 6.15. The minimum Gasteiger partial charge on any atom is -0.478 e. The van der Waals surface area contributed by atoms with E-state index in [1.54, 1.807) is 18.2 Å². The van der Waals surface area contributed by atoms with Crippen LogP contribution in [0.3, 0.4) is 0 Å². The molecular weight excluding hydrogens is 298 g/mol. The number of rotatable bonds is 3. The third-order valence-corrected chi connectivity index (χ3v) is 2.75. The van der Waals surface area contributed by atoms with Gasteiger partial charge in [-0.2, -0.15) is 0 Å². The fourth-order valence-corrected chi connectivity index (χ4v) is 1.84. The van der Waals surface area contributed by atoms with Crippen molar-refractivity contribution in [3.63, 3.8) is 0 Å². The summed E-state index contributed by atoms with van der Waals surface area (Å²) in [6.45, 7) is 0. The van der Waals surface area contributed by atoms with E-state index < -0.39 is 5.97 Å². The van der Waals surface area contributed by atoms with E-state index >= 15 is 0 Å². The molecule has 0 atom stereocenters. The summed E-state index contributed by atoms with van der Waals surface area (Å²) in [6.07, 6.45) is 0. The first-order valence-electron chi connectivity index (χ1n) is 5.12. The Kier molecular flexibility index (Phi) is 3.53. The van der Waals surface area contributed by atoms with Gasteiger partial charge in [0.2, 0.25) is 0 Å². The van der Waals surface area contributed by atoms with Gasteiger partial charge in [-0.1, -0.05) is 22.0 Å². The van der Waals surface area contributed by atoms with Gasteiger partial charge in [0, 0.05) is 16.2 Å². The molecule has 3 N–H and O–H groups in total. The zero-order valence-corrected chi connectivity index (χ0v) is 10.8. The van der Waals surface area contributed by atoms with Crippen LogP contribution in [0.25, 0.3) is 0 Å². The summed E-state index contributed by atoms with van der Waals surface area (Å²) in [5, 5.41) is 9.06. The summed E-state index contributed by atoms with van der Waals surface area (Å²) < 4.78 is 6.39. The molecule has 0 bridgehead atoms. The molecule has 18 heavy (non-hydrogen) atoms. The van der Waals surface area contributed by atoms with Crippen LogP contribution in [0.4, 0.5) is 5.69 Å². The zero-order valence-electron chi connectivity index (χ0n) is 9.26. The molecule has 2 aromatic rings. The number of nitrogen functional groups attached to an aromatic ring is 1. The number of carboxylic acids is 1. The van der Waals surface area contributed by atoms with Gasteiger partial charge in [0.05, 0.1) is 0 Å². The quantitative estimate of drug-likeness (QED) is 0.851. The number of carboxylic acid groups (broad SMARTS) is 1. The highest BCUT2D eigenvalue weighted by Gasteiger charge is 2.12. The van der Waals surface area contributed by atoms with Gasteiger partial charge in [-0.25, -0.2) is 4.79 Å². The largest absolute Gasteiger partial charge is 0.478 e. The first-order chi connectivity index (χ1) is 8.56. The molecule has 0 unspecified atom stereocenters. The molecular formula is C13H10BrNO3. The molecule has 2 aromatic carbocycles. The third-order valence-electron chi connectivity index (χ3n) is 2.26. The van der Waals surface area contributed by atoms with E-state index in [-0.39, 0.29) is 11.3 Å². The monoisotopic (exact) mass is 307 g/mol. The van der Waals surface area contributed by atoms with Crippen molar-refractivity contribution in [2.45, 2.75) is 0 Å². The van der Waals surface area contributed by atoms with Crippen molar-refractivity contribution in [3.8, 4) is 11.5 Å². The first-order valence-corrected chi connectivity index (χ1v) is 5.92. The molecule has 0 heterocycles. The van der Waals surface area contributed by atoms with Gasteiger partial charge < -0.3 is 15.6 Å². The van der Waals surface area contributed by atoms with E-state index in [0.29, 0.717) is 11.4 Å². The van der Waals surface area contributed by atoms with E-state index in [1.807, 2.05) is 6.07 Å². The minimum absolute atomic E-state index is 0.0733. The number of nitrogens with two attached hydrogens (primary N) is 1. The lowest BCUT2D eigenvalue weighted by Crippen LogP contribution is -2.01. The maximum atomic E-state index is 11.1. The summed E-state index contributed by atoms with van der Waals surface area (Å²) in [4.78, 5) is 11.1. The number of ether oxygens (including phenoxy) is 1. The Morgan fingerprint density at radius 2 is 2.00 bits per heavy atom. The highest BCUT2D eigenvalue weighted by atomic mass is 79.9. The number of anilines is 1. The van der Waals surface area contributed by atoms with Crippen molar-refractivity contribution in [1.29, 1.82) is 0 Å². The van der Waals surface area contributed by atoms with Crippen LogP contribution < -0.4 is 10.5 Å². The fraction of sp³-hybridized carbons (Fsp3) is 0. The van der Waals surface area contributed by atoms with Crippen LogP contribution in [0.1, 0.15) is 10.4 Å². The van der Waals surface area contributed by atoms with Gasteiger partial charge in [-0.15, -0.1) is 0 Å². The second kappa shape index (κ2) is 5.10. The van der Waals surface area contributed by atoms with Gasteiger partial charge in [-0.05, 0) is 30.3 Å². The topological polar surface area (TPSA) is 72.6 Å². The lowest BCUT2D eigenvalue weighted by atomic mass is 10.2. The van der Waals surface area contributed by atoms with E-state index in [9.17, 15) is 4.79 Å². The van der Waals surface area contributed by atoms with Crippen LogP contribution in [-0.4, -0.2) is 11.1 Å². The number of carbonyl (C=O) groups is 1. The molecule has 4 nitrogen and oxygen atoms in total. The summed E-state index contributed by atoms with van der Waals surface area (Å²) >= 11 is 3.32. The van der Waals surface area contributed by atoms with E-state index in [2.05, 4.69) is 15.9 Å². The molecule has 0 fully saturated rings. The van der Waals surface area contributed by atoms with Crippen molar-refractivity contribution in [3.05, 3.63) is 52.5 Å². The maximum Gasteiger partial charge on any atom is 0.339 e. The minimum atomic E-state index is -1.06. The maximum absolute atomic E-state index is 11.1.